The molecule has 1 aromatic carbocycles. The highest BCUT2D eigenvalue weighted by Gasteiger charge is 2.13. The van der Waals surface area contributed by atoms with Crippen molar-refractivity contribution in [3.8, 4) is 11.5 Å². The van der Waals surface area contributed by atoms with Gasteiger partial charge in [0.05, 0.1) is 6.42 Å². The molecule has 1 aliphatic rings. The van der Waals surface area contributed by atoms with E-state index in [0.717, 1.165) is 5.56 Å². The lowest BCUT2D eigenvalue weighted by Gasteiger charge is -2.18. The first-order valence-corrected chi connectivity index (χ1v) is 5.13. The van der Waals surface area contributed by atoms with Crippen LogP contribution in [-0.2, 0) is 11.2 Å². The van der Waals surface area contributed by atoms with Crippen molar-refractivity contribution in [2.75, 3.05) is 13.2 Å². The number of ether oxygens (including phenoxy) is 2. The van der Waals surface area contributed by atoms with Gasteiger partial charge in [0.2, 0.25) is 5.91 Å². The van der Waals surface area contributed by atoms with Gasteiger partial charge in [-0.2, -0.15) is 0 Å². The lowest BCUT2D eigenvalue weighted by Crippen LogP contribution is -2.35. The second-order valence-corrected chi connectivity index (χ2v) is 3.57. The van der Waals surface area contributed by atoms with Crippen LogP contribution >= 0.6 is 0 Å². The van der Waals surface area contributed by atoms with Crippen LogP contribution in [0.2, 0.25) is 0 Å². The lowest BCUT2D eigenvalue weighted by atomic mass is 10.1. The van der Waals surface area contributed by atoms with E-state index in [1.165, 1.54) is 0 Å². The van der Waals surface area contributed by atoms with E-state index in [2.05, 4.69) is 0 Å². The molecule has 17 heavy (non-hydrogen) atoms. The fourth-order valence-corrected chi connectivity index (χ4v) is 1.56. The molecule has 0 spiro atoms. The Morgan fingerprint density at radius 1 is 1.24 bits per heavy atom. The van der Waals surface area contributed by atoms with Crippen molar-refractivity contribution in [1.82, 2.24) is 5.32 Å². The Kier molecular flexibility index (Phi) is 3.13. The third-order valence-corrected chi connectivity index (χ3v) is 2.23. The van der Waals surface area contributed by atoms with E-state index < -0.39 is 11.9 Å². The first kappa shape index (κ1) is 11.3. The number of urea groups is 1. The Labute approximate surface area is 97.7 Å². The number of imide groups is 1. The van der Waals surface area contributed by atoms with E-state index in [0.29, 0.717) is 24.7 Å². The van der Waals surface area contributed by atoms with Crippen molar-refractivity contribution in [2.45, 2.75) is 6.42 Å². The molecule has 2 rings (SSSR count). The van der Waals surface area contributed by atoms with Crippen molar-refractivity contribution in [3.05, 3.63) is 23.8 Å². The zero-order valence-electron chi connectivity index (χ0n) is 9.06. The van der Waals surface area contributed by atoms with Gasteiger partial charge in [-0.25, -0.2) is 4.79 Å². The van der Waals surface area contributed by atoms with E-state index in [4.69, 9.17) is 15.2 Å². The van der Waals surface area contributed by atoms with E-state index >= 15 is 0 Å². The molecule has 0 saturated heterocycles. The summed E-state index contributed by atoms with van der Waals surface area (Å²) in [6.07, 6.45) is 0.0690. The number of primary amides is 1. The van der Waals surface area contributed by atoms with Gasteiger partial charge in [-0.05, 0) is 17.7 Å². The molecule has 0 unspecified atom stereocenters. The number of benzene rings is 1. The summed E-state index contributed by atoms with van der Waals surface area (Å²) in [5, 5.41) is 2.00. The Morgan fingerprint density at radius 2 is 1.94 bits per heavy atom. The summed E-state index contributed by atoms with van der Waals surface area (Å²) < 4.78 is 10.7. The van der Waals surface area contributed by atoms with Gasteiger partial charge in [0.1, 0.15) is 13.2 Å². The van der Waals surface area contributed by atoms with Gasteiger partial charge in [0.15, 0.2) is 11.5 Å². The quantitative estimate of drug-likeness (QED) is 0.767. The summed E-state index contributed by atoms with van der Waals surface area (Å²) in [4.78, 5) is 21.8. The van der Waals surface area contributed by atoms with Gasteiger partial charge in [0, 0.05) is 0 Å². The second-order valence-electron chi connectivity index (χ2n) is 3.57. The Balaban J connectivity index is 2.07. The zero-order valence-corrected chi connectivity index (χ0v) is 9.06. The summed E-state index contributed by atoms with van der Waals surface area (Å²) in [5.41, 5.74) is 5.57. The summed E-state index contributed by atoms with van der Waals surface area (Å²) in [7, 11) is 0. The maximum Gasteiger partial charge on any atom is 0.318 e. The molecule has 0 bridgehead atoms. The van der Waals surface area contributed by atoms with Crippen LogP contribution in [0.1, 0.15) is 5.56 Å². The zero-order chi connectivity index (χ0) is 12.3. The number of carbonyl (C=O) groups is 2. The molecule has 0 aromatic heterocycles. The fraction of sp³-hybridized carbons (Fsp3) is 0.273. The van der Waals surface area contributed by atoms with Gasteiger partial charge in [-0.15, -0.1) is 0 Å². The van der Waals surface area contributed by atoms with Crippen molar-refractivity contribution in [1.29, 1.82) is 0 Å². The number of rotatable bonds is 2. The smallest absolute Gasteiger partial charge is 0.318 e. The first-order chi connectivity index (χ1) is 8.15. The Hall–Kier alpha value is -2.24. The molecular weight excluding hydrogens is 224 g/mol. The van der Waals surface area contributed by atoms with Gasteiger partial charge < -0.3 is 15.2 Å². The van der Waals surface area contributed by atoms with Gasteiger partial charge >= 0.3 is 6.03 Å². The molecule has 3 amide bonds. The van der Waals surface area contributed by atoms with Crippen molar-refractivity contribution in [2.24, 2.45) is 5.73 Å². The average Bonchev–Trinajstić information content (AvgIpc) is 2.27. The van der Waals surface area contributed by atoms with Crippen molar-refractivity contribution in [3.63, 3.8) is 0 Å². The third-order valence-electron chi connectivity index (χ3n) is 2.23. The predicted octanol–water partition coefficient (Wildman–Crippen LogP) is 0.195. The lowest BCUT2D eigenvalue weighted by molar-refractivity contribution is -0.119. The Bertz CT molecular complexity index is 459. The number of nitrogens with one attached hydrogen (secondary N) is 1. The van der Waals surface area contributed by atoms with Crippen LogP contribution in [-0.4, -0.2) is 25.2 Å². The molecule has 0 saturated carbocycles. The van der Waals surface area contributed by atoms with E-state index in [9.17, 15) is 9.59 Å². The summed E-state index contributed by atoms with van der Waals surface area (Å²) in [5.74, 6) is 0.824. The molecule has 3 N–H and O–H groups in total. The molecule has 90 valence electrons. The highest BCUT2D eigenvalue weighted by atomic mass is 16.6. The third kappa shape index (κ3) is 2.87. The molecule has 0 fully saturated rings. The molecule has 6 heteroatoms. The van der Waals surface area contributed by atoms with Crippen molar-refractivity contribution < 1.29 is 19.1 Å². The topological polar surface area (TPSA) is 90.7 Å². The van der Waals surface area contributed by atoms with Gasteiger partial charge in [-0.3, -0.25) is 10.1 Å². The molecule has 1 heterocycles. The molecule has 1 aliphatic heterocycles. The van der Waals surface area contributed by atoms with Crippen LogP contribution in [0.25, 0.3) is 0 Å². The summed E-state index contributed by atoms with van der Waals surface area (Å²) >= 11 is 0. The number of hydrogen-bond acceptors (Lipinski definition) is 4. The minimum atomic E-state index is -0.854. The van der Waals surface area contributed by atoms with Gasteiger partial charge in [0.25, 0.3) is 0 Å². The van der Waals surface area contributed by atoms with Crippen LogP contribution in [0.3, 0.4) is 0 Å². The minimum Gasteiger partial charge on any atom is -0.486 e. The maximum absolute atomic E-state index is 11.3. The van der Waals surface area contributed by atoms with Crippen LogP contribution in [0, 0.1) is 0 Å². The predicted molar refractivity (Wildman–Crippen MR) is 58.9 cm³/mol. The largest absolute Gasteiger partial charge is 0.486 e. The molecular formula is C11H12N2O4. The Morgan fingerprint density at radius 3 is 2.65 bits per heavy atom. The monoisotopic (exact) mass is 236 g/mol. The molecule has 0 radical (unpaired) electrons. The molecule has 0 aliphatic carbocycles. The number of nitrogens with two attached hydrogens (primary N) is 1. The van der Waals surface area contributed by atoms with Crippen LogP contribution in [0.15, 0.2) is 18.2 Å². The maximum atomic E-state index is 11.3. The second kappa shape index (κ2) is 4.73. The minimum absolute atomic E-state index is 0.0690. The number of fused-ring (bicyclic) bond motifs is 1. The van der Waals surface area contributed by atoms with Gasteiger partial charge in [-0.1, -0.05) is 6.07 Å². The number of amides is 3. The van der Waals surface area contributed by atoms with Crippen molar-refractivity contribution >= 4 is 11.9 Å². The standard InChI is InChI=1S/C11H12N2O4/c12-11(15)13-10(14)6-7-1-2-8-9(5-7)17-4-3-16-8/h1-2,5H,3-4,6H2,(H3,12,13,14,15). The van der Waals surface area contributed by atoms with Crippen LogP contribution in [0.4, 0.5) is 4.79 Å². The fourth-order valence-electron chi connectivity index (χ4n) is 1.56. The SMILES string of the molecule is NC(=O)NC(=O)Cc1ccc2c(c1)OCCO2. The number of carbonyl (C=O) groups excluding carboxylic acids is 2. The van der Waals surface area contributed by atoms with E-state index in [1.807, 2.05) is 5.32 Å². The molecule has 0 atom stereocenters. The van der Waals surface area contributed by atoms with Crippen LogP contribution < -0.4 is 20.5 Å². The highest BCUT2D eigenvalue weighted by molar-refractivity contribution is 5.94. The summed E-state index contributed by atoms with van der Waals surface area (Å²) in [6.45, 7) is 1.01. The first-order valence-electron chi connectivity index (χ1n) is 5.13. The normalized spacial score (nSPS) is 12.9. The van der Waals surface area contributed by atoms with E-state index in [-0.39, 0.29) is 6.42 Å². The molecule has 1 aromatic rings. The van der Waals surface area contributed by atoms with E-state index in [1.54, 1.807) is 18.2 Å². The average molecular weight is 236 g/mol. The highest BCUT2D eigenvalue weighted by Crippen LogP contribution is 2.30. The van der Waals surface area contributed by atoms with Crippen LogP contribution in [0.5, 0.6) is 11.5 Å². The molecule has 6 nitrogen and oxygen atoms in total. The number of hydrogen-bond donors (Lipinski definition) is 2. The summed E-state index contributed by atoms with van der Waals surface area (Å²) in [6, 6.07) is 4.34.